The van der Waals surface area contributed by atoms with E-state index in [0.29, 0.717) is 0 Å². The molecular weight excluding hydrogens is 329 g/mol. The Bertz CT molecular complexity index is 619. The van der Waals surface area contributed by atoms with Crippen molar-refractivity contribution in [1.82, 2.24) is 0 Å². The number of benzene rings is 2. The van der Waals surface area contributed by atoms with Gasteiger partial charge in [-0.25, -0.2) is 8.78 Å². The van der Waals surface area contributed by atoms with Crippen molar-refractivity contribution in [3.05, 3.63) is 63.6 Å². The summed E-state index contributed by atoms with van der Waals surface area (Å²) < 4.78 is 25.3. The molecule has 0 aliphatic rings. The molecule has 2 aromatic rings. The lowest BCUT2D eigenvalue weighted by Gasteiger charge is -2.05. The van der Waals surface area contributed by atoms with E-state index in [1.54, 1.807) is 18.2 Å². The predicted octanol–water partition coefficient (Wildman–Crippen LogP) is 5.41. The number of halogens is 4. The van der Waals surface area contributed by atoms with Gasteiger partial charge >= 0.3 is 0 Å². The smallest absolute Gasteiger partial charge is 0.143 e. The number of nitrogens with two attached hydrogens (primary N) is 1. The van der Waals surface area contributed by atoms with E-state index in [1.807, 2.05) is 13.8 Å². The zero-order valence-electron chi connectivity index (χ0n) is 12.3. The molecule has 0 fully saturated rings. The lowest BCUT2D eigenvalue weighted by Crippen LogP contribution is -2.04. The van der Waals surface area contributed by atoms with Crippen LogP contribution < -0.4 is 11.1 Å². The summed E-state index contributed by atoms with van der Waals surface area (Å²) in [6, 6.07) is 9.05. The fourth-order valence-corrected chi connectivity index (χ4v) is 1.91. The second kappa shape index (κ2) is 8.93. The first-order chi connectivity index (χ1) is 10.3. The van der Waals surface area contributed by atoms with Gasteiger partial charge < -0.3 is 11.1 Å². The van der Waals surface area contributed by atoms with E-state index < -0.39 is 5.82 Å². The molecule has 0 aliphatic heterocycles. The van der Waals surface area contributed by atoms with Crippen LogP contribution in [-0.4, -0.2) is 6.54 Å². The summed E-state index contributed by atoms with van der Waals surface area (Å²) in [6.45, 7) is 4.55. The van der Waals surface area contributed by atoms with Crippen LogP contribution in [0.2, 0.25) is 10.0 Å². The van der Waals surface area contributed by atoms with Gasteiger partial charge in [0.15, 0.2) is 0 Å². The molecule has 1 atom stereocenters. The van der Waals surface area contributed by atoms with Crippen LogP contribution in [0.3, 0.4) is 0 Å². The van der Waals surface area contributed by atoms with E-state index in [-0.39, 0.29) is 21.9 Å². The minimum Gasteiger partial charge on any atom is -0.385 e. The van der Waals surface area contributed by atoms with Gasteiger partial charge in [0.05, 0.1) is 10.0 Å². The summed E-state index contributed by atoms with van der Waals surface area (Å²) in [7, 11) is 0. The molecule has 1 unspecified atom stereocenters. The fraction of sp³-hybridized carbons (Fsp3) is 0.250. The van der Waals surface area contributed by atoms with E-state index >= 15 is 0 Å². The fourth-order valence-electron chi connectivity index (χ4n) is 1.61. The van der Waals surface area contributed by atoms with Crippen molar-refractivity contribution in [2.45, 2.75) is 19.9 Å². The minimum atomic E-state index is -0.406. The Morgan fingerprint density at radius 2 is 1.73 bits per heavy atom. The van der Waals surface area contributed by atoms with Crippen molar-refractivity contribution >= 4 is 28.9 Å². The quantitative estimate of drug-likeness (QED) is 0.779. The molecule has 0 saturated heterocycles. The maximum absolute atomic E-state index is 12.7. The van der Waals surface area contributed by atoms with Crippen LogP contribution in [-0.2, 0) is 0 Å². The molecule has 0 spiro atoms. The Morgan fingerprint density at radius 3 is 2.23 bits per heavy atom. The summed E-state index contributed by atoms with van der Waals surface area (Å²) in [5, 5.41) is 3.26. The number of rotatable bonds is 3. The Labute approximate surface area is 139 Å². The standard InChI is InChI=1S/2C8H9ClFN/c1-5(11)6-2-3-8(10)7(9)4-6;1-2-11-6-3-4-7(9)8(10)5-6/h2-5H,11H2,1H3;3-5,11H,2H2,1H3. The van der Waals surface area contributed by atoms with Gasteiger partial charge in [0, 0.05) is 18.3 Å². The molecule has 0 aliphatic carbocycles. The first-order valence-electron chi connectivity index (χ1n) is 6.74. The SMILES string of the molecule is CC(N)c1ccc(F)c(Cl)c1.CCNc1ccc(Cl)c(F)c1. The molecule has 6 heteroatoms. The average Bonchev–Trinajstić information content (AvgIpc) is 2.47. The van der Waals surface area contributed by atoms with Crippen molar-refractivity contribution in [2.75, 3.05) is 11.9 Å². The van der Waals surface area contributed by atoms with Crippen LogP contribution in [0.4, 0.5) is 14.5 Å². The van der Waals surface area contributed by atoms with E-state index in [9.17, 15) is 8.78 Å². The van der Waals surface area contributed by atoms with Gasteiger partial charge in [0.2, 0.25) is 0 Å². The second-order valence-electron chi connectivity index (χ2n) is 4.62. The van der Waals surface area contributed by atoms with Crippen LogP contribution >= 0.6 is 23.2 Å². The first-order valence-corrected chi connectivity index (χ1v) is 7.50. The highest BCUT2D eigenvalue weighted by Crippen LogP contribution is 2.19. The molecule has 0 heterocycles. The third-order valence-electron chi connectivity index (χ3n) is 2.77. The second-order valence-corrected chi connectivity index (χ2v) is 5.44. The van der Waals surface area contributed by atoms with Crippen LogP contribution in [0.1, 0.15) is 25.5 Å². The molecular formula is C16H18Cl2F2N2. The van der Waals surface area contributed by atoms with Crippen LogP contribution in [0.5, 0.6) is 0 Å². The van der Waals surface area contributed by atoms with Gasteiger partial charge in [-0.2, -0.15) is 0 Å². The van der Waals surface area contributed by atoms with Crippen molar-refractivity contribution in [3.63, 3.8) is 0 Å². The average molecular weight is 347 g/mol. The number of hydrogen-bond donors (Lipinski definition) is 2. The molecule has 2 nitrogen and oxygen atoms in total. The molecule has 0 bridgehead atoms. The van der Waals surface area contributed by atoms with Crippen molar-refractivity contribution < 1.29 is 8.78 Å². The Morgan fingerprint density at radius 1 is 1.05 bits per heavy atom. The summed E-state index contributed by atoms with van der Waals surface area (Å²) in [6.07, 6.45) is 0. The Hall–Kier alpha value is -1.36. The lowest BCUT2D eigenvalue weighted by molar-refractivity contribution is 0.626. The number of anilines is 1. The lowest BCUT2D eigenvalue weighted by atomic mass is 10.1. The predicted molar refractivity (Wildman–Crippen MR) is 89.6 cm³/mol. The number of nitrogens with one attached hydrogen (secondary N) is 1. The summed E-state index contributed by atoms with van der Waals surface area (Å²) in [5.41, 5.74) is 7.15. The molecule has 0 saturated carbocycles. The van der Waals surface area contributed by atoms with Gasteiger partial charge in [-0.05, 0) is 49.7 Å². The molecule has 3 N–H and O–H groups in total. The molecule has 22 heavy (non-hydrogen) atoms. The van der Waals surface area contributed by atoms with E-state index in [1.165, 1.54) is 18.2 Å². The third kappa shape index (κ3) is 5.79. The van der Waals surface area contributed by atoms with Gasteiger partial charge in [-0.15, -0.1) is 0 Å². The highest BCUT2D eigenvalue weighted by atomic mass is 35.5. The largest absolute Gasteiger partial charge is 0.385 e. The molecule has 0 amide bonds. The van der Waals surface area contributed by atoms with E-state index in [2.05, 4.69) is 5.32 Å². The maximum atomic E-state index is 12.7. The van der Waals surface area contributed by atoms with Gasteiger partial charge in [0.1, 0.15) is 11.6 Å². The van der Waals surface area contributed by atoms with Crippen molar-refractivity contribution in [2.24, 2.45) is 5.73 Å². The Balaban J connectivity index is 0.000000220. The first kappa shape index (κ1) is 18.7. The highest BCUT2D eigenvalue weighted by Gasteiger charge is 2.03. The normalized spacial score (nSPS) is 11.4. The zero-order valence-corrected chi connectivity index (χ0v) is 13.8. The summed E-state index contributed by atoms with van der Waals surface area (Å²) in [4.78, 5) is 0. The maximum Gasteiger partial charge on any atom is 0.143 e. The summed E-state index contributed by atoms with van der Waals surface area (Å²) >= 11 is 11.0. The van der Waals surface area contributed by atoms with Gasteiger partial charge in [0.25, 0.3) is 0 Å². The molecule has 2 aromatic carbocycles. The van der Waals surface area contributed by atoms with Crippen LogP contribution in [0.15, 0.2) is 36.4 Å². The molecule has 0 aromatic heterocycles. The van der Waals surface area contributed by atoms with Crippen LogP contribution in [0.25, 0.3) is 0 Å². The van der Waals surface area contributed by atoms with Crippen LogP contribution in [0, 0.1) is 11.6 Å². The highest BCUT2D eigenvalue weighted by molar-refractivity contribution is 6.31. The number of hydrogen-bond acceptors (Lipinski definition) is 2. The van der Waals surface area contributed by atoms with Crippen molar-refractivity contribution in [1.29, 1.82) is 0 Å². The van der Waals surface area contributed by atoms with E-state index in [0.717, 1.165) is 17.8 Å². The zero-order chi connectivity index (χ0) is 16.7. The molecule has 2 rings (SSSR count). The van der Waals surface area contributed by atoms with Gasteiger partial charge in [-0.3, -0.25) is 0 Å². The van der Waals surface area contributed by atoms with Crippen molar-refractivity contribution in [3.8, 4) is 0 Å². The third-order valence-corrected chi connectivity index (χ3v) is 3.37. The summed E-state index contributed by atoms with van der Waals surface area (Å²) in [5.74, 6) is -0.791. The molecule has 120 valence electrons. The Kier molecular flexibility index (Phi) is 7.59. The van der Waals surface area contributed by atoms with E-state index in [4.69, 9.17) is 28.9 Å². The molecule has 0 radical (unpaired) electrons. The topological polar surface area (TPSA) is 38.0 Å². The minimum absolute atomic E-state index is 0.104. The van der Waals surface area contributed by atoms with Gasteiger partial charge in [-0.1, -0.05) is 29.3 Å². The monoisotopic (exact) mass is 346 g/mol.